The van der Waals surface area contributed by atoms with E-state index < -0.39 is 11.7 Å². The maximum atomic E-state index is 12.9. The molecule has 0 aliphatic rings. The average molecular weight is 283 g/mol. The summed E-state index contributed by atoms with van der Waals surface area (Å²) in [6.07, 6.45) is -4.50. The molecule has 2 aromatic carbocycles. The van der Waals surface area contributed by atoms with Gasteiger partial charge in [0.15, 0.2) is 5.75 Å². The maximum Gasteiger partial charge on any atom is 0.419 e. The fourth-order valence-electron chi connectivity index (χ4n) is 1.64. The molecule has 0 saturated carbocycles. The third-order valence-corrected chi connectivity index (χ3v) is 2.63. The summed E-state index contributed by atoms with van der Waals surface area (Å²) in [6, 6.07) is 9.48. The van der Waals surface area contributed by atoms with Gasteiger partial charge in [-0.1, -0.05) is 12.1 Å². The lowest BCUT2D eigenvalue weighted by molar-refractivity contribution is -0.138. The zero-order chi connectivity index (χ0) is 14.8. The number of benzene rings is 2. The van der Waals surface area contributed by atoms with Crippen molar-refractivity contribution in [3.8, 4) is 17.2 Å². The number of halogens is 3. The highest BCUT2D eigenvalue weighted by Gasteiger charge is 2.34. The van der Waals surface area contributed by atoms with Crippen LogP contribution in [0.4, 0.5) is 18.9 Å². The smallest absolute Gasteiger partial charge is 0.419 e. The molecule has 0 saturated heterocycles. The van der Waals surface area contributed by atoms with Crippen molar-refractivity contribution in [1.29, 1.82) is 0 Å². The summed E-state index contributed by atoms with van der Waals surface area (Å²) in [5.41, 5.74) is 5.06. The van der Waals surface area contributed by atoms with E-state index in [-0.39, 0.29) is 17.2 Å². The molecule has 0 heterocycles. The van der Waals surface area contributed by atoms with Crippen LogP contribution in [0.5, 0.6) is 17.2 Å². The van der Waals surface area contributed by atoms with E-state index in [0.29, 0.717) is 5.75 Å². The minimum Gasteiger partial charge on any atom is -0.497 e. The van der Waals surface area contributed by atoms with Gasteiger partial charge < -0.3 is 15.2 Å². The largest absolute Gasteiger partial charge is 0.497 e. The number of ether oxygens (including phenoxy) is 2. The average Bonchev–Trinajstić information content (AvgIpc) is 2.41. The van der Waals surface area contributed by atoms with Crippen LogP contribution in [0.15, 0.2) is 42.5 Å². The van der Waals surface area contributed by atoms with E-state index in [2.05, 4.69) is 0 Å². The van der Waals surface area contributed by atoms with Crippen LogP contribution in [-0.2, 0) is 6.18 Å². The Balaban J connectivity index is 2.40. The van der Waals surface area contributed by atoms with Crippen molar-refractivity contribution in [2.24, 2.45) is 0 Å². The lowest BCUT2D eigenvalue weighted by Crippen LogP contribution is -2.07. The molecule has 0 aliphatic heterocycles. The molecule has 0 amide bonds. The second kappa shape index (κ2) is 5.32. The third kappa shape index (κ3) is 2.96. The summed E-state index contributed by atoms with van der Waals surface area (Å²) in [4.78, 5) is 0. The van der Waals surface area contributed by atoms with Crippen LogP contribution in [0.2, 0.25) is 0 Å². The summed E-state index contributed by atoms with van der Waals surface area (Å²) >= 11 is 0. The van der Waals surface area contributed by atoms with Crippen LogP contribution in [-0.4, -0.2) is 7.11 Å². The number of alkyl halides is 3. The summed E-state index contributed by atoms with van der Waals surface area (Å²) in [5, 5.41) is 0. The van der Waals surface area contributed by atoms with Crippen molar-refractivity contribution >= 4 is 5.69 Å². The van der Waals surface area contributed by atoms with E-state index in [9.17, 15) is 13.2 Å². The van der Waals surface area contributed by atoms with Gasteiger partial charge >= 0.3 is 6.18 Å². The molecule has 0 spiro atoms. The summed E-state index contributed by atoms with van der Waals surface area (Å²) in [6.45, 7) is 0. The quantitative estimate of drug-likeness (QED) is 0.863. The van der Waals surface area contributed by atoms with Crippen LogP contribution in [0.1, 0.15) is 5.56 Å². The number of methoxy groups -OCH3 is 1. The molecule has 2 rings (SSSR count). The Morgan fingerprint density at radius 3 is 2.35 bits per heavy atom. The maximum absolute atomic E-state index is 12.9. The Morgan fingerprint density at radius 1 is 1.00 bits per heavy atom. The molecule has 0 aromatic heterocycles. The van der Waals surface area contributed by atoms with Crippen molar-refractivity contribution in [2.45, 2.75) is 6.18 Å². The van der Waals surface area contributed by atoms with E-state index in [0.717, 1.165) is 6.07 Å². The van der Waals surface area contributed by atoms with Crippen molar-refractivity contribution < 1.29 is 22.6 Å². The Morgan fingerprint density at radius 2 is 1.70 bits per heavy atom. The second-order valence-corrected chi connectivity index (χ2v) is 4.00. The molecular formula is C14H12F3NO2. The van der Waals surface area contributed by atoms with Gasteiger partial charge in [0.05, 0.1) is 18.4 Å². The highest BCUT2D eigenvalue weighted by Crippen LogP contribution is 2.39. The zero-order valence-electron chi connectivity index (χ0n) is 10.6. The van der Waals surface area contributed by atoms with Crippen molar-refractivity contribution in [2.75, 3.05) is 12.8 Å². The molecule has 20 heavy (non-hydrogen) atoms. The molecule has 3 nitrogen and oxygen atoms in total. The Bertz CT molecular complexity index is 612. The predicted octanol–water partition coefficient (Wildman–Crippen LogP) is 4.09. The molecule has 0 unspecified atom stereocenters. The molecule has 0 bridgehead atoms. The standard InChI is InChI=1S/C14H12F3NO2/c1-19-9-6-7-11(18)13(8-9)20-12-5-3-2-4-10(12)14(15,16)17/h2-8H,18H2,1H3. The van der Waals surface area contributed by atoms with Crippen LogP contribution >= 0.6 is 0 Å². The number of anilines is 1. The van der Waals surface area contributed by atoms with Crippen molar-refractivity contribution in [3.63, 3.8) is 0 Å². The van der Waals surface area contributed by atoms with E-state index in [1.54, 1.807) is 6.07 Å². The first-order chi connectivity index (χ1) is 9.41. The minimum atomic E-state index is -4.50. The summed E-state index contributed by atoms with van der Waals surface area (Å²) in [7, 11) is 1.44. The van der Waals surface area contributed by atoms with Gasteiger partial charge in [0.25, 0.3) is 0 Å². The first kappa shape index (κ1) is 14.0. The van der Waals surface area contributed by atoms with Crippen molar-refractivity contribution in [1.82, 2.24) is 0 Å². The van der Waals surface area contributed by atoms with Crippen LogP contribution < -0.4 is 15.2 Å². The molecule has 2 aromatic rings. The topological polar surface area (TPSA) is 44.5 Å². The summed E-state index contributed by atoms with van der Waals surface area (Å²) in [5.74, 6) is 0.250. The first-order valence-electron chi connectivity index (χ1n) is 5.69. The van der Waals surface area contributed by atoms with E-state index in [4.69, 9.17) is 15.2 Å². The monoisotopic (exact) mass is 283 g/mol. The van der Waals surface area contributed by atoms with Crippen LogP contribution in [0, 0.1) is 0 Å². The number of hydrogen-bond acceptors (Lipinski definition) is 3. The van der Waals surface area contributed by atoms with E-state index in [1.165, 1.54) is 37.4 Å². The van der Waals surface area contributed by atoms with Crippen LogP contribution in [0.3, 0.4) is 0 Å². The molecule has 2 N–H and O–H groups in total. The lowest BCUT2D eigenvalue weighted by atomic mass is 10.2. The van der Waals surface area contributed by atoms with Gasteiger partial charge in [-0.3, -0.25) is 0 Å². The third-order valence-electron chi connectivity index (χ3n) is 2.63. The molecule has 0 atom stereocenters. The van der Waals surface area contributed by atoms with Gasteiger partial charge in [0.2, 0.25) is 0 Å². The van der Waals surface area contributed by atoms with Gasteiger partial charge in [-0.05, 0) is 24.3 Å². The Hall–Kier alpha value is -2.37. The highest BCUT2D eigenvalue weighted by molar-refractivity contribution is 5.57. The fraction of sp³-hybridized carbons (Fsp3) is 0.143. The van der Waals surface area contributed by atoms with Gasteiger partial charge in [0.1, 0.15) is 11.5 Å². The number of rotatable bonds is 3. The zero-order valence-corrected chi connectivity index (χ0v) is 10.6. The minimum absolute atomic E-state index is 0.112. The first-order valence-corrected chi connectivity index (χ1v) is 5.69. The molecule has 6 heteroatoms. The highest BCUT2D eigenvalue weighted by atomic mass is 19.4. The number of hydrogen-bond donors (Lipinski definition) is 1. The van der Waals surface area contributed by atoms with Gasteiger partial charge in [-0.2, -0.15) is 13.2 Å². The fourth-order valence-corrected chi connectivity index (χ4v) is 1.64. The number of nitrogen functional groups attached to an aromatic ring is 1. The Kier molecular flexibility index (Phi) is 3.74. The van der Waals surface area contributed by atoms with Gasteiger partial charge in [-0.25, -0.2) is 0 Å². The lowest BCUT2D eigenvalue weighted by Gasteiger charge is -2.15. The Labute approximate surface area is 113 Å². The normalized spacial score (nSPS) is 11.2. The SMILES string of the molecule is COc1ccc(N)c(Oc2ccccc2C(F)(F)F)c1. The second-order valence-electron chi connectivity index (χ2n) is 4.00. The number of nitrogens with two attached hydrogens (primary N) is 1. The molecule has 0 aliphatic carbocycles. The molecule has 0 fully saturated rings. The molecule has 106 valence electrons. The van der Waals surface area contributed by atoms with Gasteiger partial charge in [-0.15, -0.1) is 0 Å². The van der Waals surface area contributed by atoms with E-state index in [1.807, 2.05) is 0 Å². The number of para-hydroxylation sites is 1. The van der Waals surface area contributed by atoms with E-state index >= 15 is 0 Å². The van der Waals surface area contributed by atoms with Crippen LogP contribution in [0.25, 0.3) is 0 Å². The van der Waals surface area contributed by atoms with Gasteiger partial charge in [0, 0.05) is 6.07 Å². The predicted molar refractivity (Wildman–Crippen MR) is 68.9 cm³/mol. The molecular weight excluding hydrogens is 271 g/mol. The van der Waals surface area contributed by atoms with Crippen molar-refractivity contribution in [3.05, 3.63) is 48.0 Å². The molecule has 0 radical (unpaired) electrons. The summed E-state index contributed by atoms with van der Waals surface area (Å²) < 4.78 is 48.9.